The highest BCUT2D eigenvalue weighted by molar-refractivity contribution is 6.85. The average Bonchev–Trinajstić information content (AvgIpc) is 2.96. The molecular weight excluding hydrogens is 677 g/mol. The van der Waals surface area contributed by atoms with Crippen LogP contribution in [0.15, 0.2) is 0 Å². The zero-order chi connectivity index (χ0) is 35.3. The van der Waals surface area contributed by atoms with Crippen molar-refractivity contribution in [1.29, 1.82) is 0 Å². The molecule has 0 aromatic heterocycles. The van der Waals surface area contributed by atoms with Crippen LogP contribution in [0.5, 0.6) is 0 Å². The molecule has 1 aliphatic rings. The summed E-state index contributed by atoms with van der Waals surface area (Å²) >= 11 is 0. The largest absolute Gasteiger partial charge is 0.423 e. The molecule has 0 aromatic rings. The Hall–Kier alpha value is 0.388. The molecule has 7 unspecified atom stereocenters. The molecular formula is C31H70O12Si4. The molecule has 12 nitrogen and oxygen atoms in total. The lowest BCUT2D eigenvalue weighted by Crippen LogP contribution is -2.64. The van der Waals surface area contributed by atoms with Crippen LogP contribution in [0.4, 0.5) is 0 Å². The van der Waals surface area contributed by atoms with E-state index in [4.69, 9.17) is 54.4 Å². The first kappa shape index (κ1) is 45.4. The highest BCUT2D eigenvalue weighted by Gasteiger charge is 2.55. The zero-order valence-corrected chi connectivity index (χ0v) is 36.3. The van der Waals surface area contributed by atoms with E-state index in [-0.39, 0.29) is 6.42 Å². The molecule has 47 heavy (non-hydrogen) atoms. The lowest BCUT2D eigenvalue weighted by Gasteiger charge is -2.46. The first-order chi connectivity index (χ1) is 22.2. The molecule has 16 heteroatoms. The molecule has 0 aliphatic carbocycles. The Balaban J connectivity index is 3.65. The van der Waals surface area contributed by atoms with Gasteiger partial charge < -0.3 is 40.1 Å². The van der Waals surface area contributed by atoms with Crippen LogP contribution < -0.4 is 0 Å². The summed E-state index contributed by atoms with van der Waals surface area (Å²) in [5.74, 6) is -1.72. The topological polar surface area (TPSA) is 111 Å². The van der Waals surface area contributed by atoms with Crippen molar-refractivity contribution in [3.63, 3.8) is 0 Å². The van der Waals surface area contributed by atoms with Crippen molar-refractivity contribution in [3.05, 3.63) is 0 Å². The molecule has 0 N–H and O–H groups in total. The van der Waals surface area contributed by atoms with Gasteiger partial charge in [0.25, 0.3) is 25.3 Å². The van der Waals surface area contributed by atoms with Crippen molar-refractivity contribution in [3.8, 4) is 0 Å². The summed E-state index contributed by atoms with van der Waals surface area (Å²) in [4.78, 5) is 0. The minimum atomic E-state index is -3.25. The molecule has 282 valence electrons. The molecule has 0 aromatic carbocycles. The third-order valence-corrected chi connectivity index (χ3v) is 21.2. The smallest absolute Gasteiger partial charge is 0.347 e. The third kappa shape index (κ3) is 19.5. The monoisotopic (exact) mass is 746 g/mol. The minimum Gasteiger partial charge on any atom is -0.423 e. The third-order valence-electron chi connectivity index (χ3n) is 7.36. The van der Waals surface area contributed by atoms with Gasteiger partial charge >= 0.3 is 17.1 Å². The van der Waals surface area contributed by atoms with Crippen LogP contribution in [-0.2, 0) is 54.4 Å². The predicted octanol–water partition coefficient (Wildman–Crippen LogP) is 6.36. The molecule has 0 radical (unpaired) electrons. The van der Waals surface area contributed by atoms with Crippen molar-refractivity contribution in [2.24, 2.45) is 0 Å². The van der Waals surface area contributed by atoms with Crippen LogP contribution in [0.1, 0.15) is 113 Å². The van der Waals surface area contributed by atoms with Crippen molar-refractivity contribution in [1.82, 2.24) is 0 Å². The van der Waals surface area contributed by atoms with Crippen LogP contribution in [0.2, 0.25) is 26.2 Å². The van der Waals surface area contributed by atoms with Gasteiger partial charge in [0.15, 0.2) is 25.2 Å². The summed E-state index contributed by atoms with van der Waals surface area (Å²) in [5, 5.41) is 0. The maximum Gasteiger partial charge on any atom is 0.347 e. The Bertz CT molecular complexity index is 743. The lowest BCUT2D eigenvalue weighted by atomic mass is 10.3. The maximum atomic E-state index is 6.91. The first-order valence-electron chi connectivity index (χ1n) is 18.0. The van der Waals surface area contributed by atoms with E-state index in [2.05, 4.69) is 27.7 Å². The molecule has 7 atom stereocenters. The summed E-state index contributed by atoms with van der Waals surface area (Å²) in [6.45, 7) is 26.1. The van der Waals surface area contributed by atoms with Gasteiger partial charge in [-0.2, -0.15) is 0 Å². The van der Waals surface area contributed by atoms with Crippen molar-refractivity contribution >= 4 is 36.4 Å². The summed E-state index contributed by atoms with van der Waals surface area (Å²) in [6.07, 6.45) is 5.05. The second-order valence-corrected chi connectivity index (χ2v) is 23.8. The fraction of sp³-hybridized carbons (Fsp3) is 1.00. The average molecular weight is 747 g/mol. The predicted molar refractivity (Wildman–Crippen MR) is 192 cm³/mol. The molecule has 1 saturated heterocycles. The van der Waals surface area contributed by atoms with Gasteiger partial charge in [-0.15, -0.1) is 0 Å². The summed E-state index contributed by atoms with van der Waals surface area (Å²) < 4.78 is 77.0. The van der Waals surface area contributed by atoms with E-state index in [1.165, 1.54) is 0 Å². The second kappa shape index (κ2) is 24.6. The summed E-state index contributed by atoms with van der Waals surface area (Å²) in [5.41, 5.74) is -0.686. The lowest BCUT2D eigenvalue weighted by molar-refractivity contribution is -0.473. The van der Waals surface area contributed by atoms with Gasteiger partial charge in [-0.25, -0.2) is 0 Å². The number of hydrogen-bond acceptors (Lipinski definition) is 12. The first-order valence-corrected chi connectivity index (χ1v) is 26.5. The molecule has 0 spiro atoms. The van der Waals surface area contributed by atoms with E-state index >= 15 is 0 Å². The minimum absolute atomic E-state index is 0.0630. The van der Waals surface area contributed by atoms with E-state index in [9.17, 15) is 0 Å². The number of hydrogen-bond donors (Lipinski definition) is 0. The van der Waals surface area contributed by atoms with E-state index < -0.39 is 73.3 Å². The molecule has 0 bridgehead atoms. The van der Waals surface area contributed by atoms with E-state index in [1.807, 2.05) is 53.9 Å². The highest BCUT2D eigenvalue weighted by atomic mass is 28.5. The standard InChI is InChI=1S/C31H70O12Si4/c1-13-17-21-32-26(5)36-30(47(12)41-44-40-45(9)42-46(10,11)43-47)25-31(37-27(6)33-22-18-14-2,38-28(7)34-23-19-15-3)39-29(8)35-24-20-16-4/h26-30,45H,13-25,44H2,1-12H3. The Morgan fingerprint density at radius 1 is 0.660 bits per heavy atom. The maximum absolute atomic E-state index is 6.91. The van der Waals surface area contributed by atoms with E-state index in [0.29, 0.717) is 26.4 Å². The normalized spacial score (nSPS) is 25.4. The zero-order valence-electron chi connectivity index (χ0n) is 31.8. The molecule has 0 saturated carbocycles. The highest BCUT2D eigenvalue weighted by Crippen LogP contribution is 2.35. The quantitative estimate of drug-likeness (QED) is 0.0530. The molecule has 1 fully saturated rings. The van der Waals surface area contributed by atoms with E-state index in [0.717, 1.165) is 51.4 Å². The van der Waals surface area contributed by atoms with E-state index in [1.54, 1.807) is 0 Å². The fourth-order valence-corrected chi connectivity index (χ4v) is 19.2. The van der Waals surface area contributed by atoms with Gasteiger partial charge in [-0.3, -0.25) is 14.2 Å². The van der Waals surface area contributed by atoms with Gasteiger partial charge in [-0.05, 0) is 79.6 Å². The summed E-state index contributed by atoms with van der Waals surface area (Å²) in [7, 11) is -9.22. The van der Waals surface area contributed by atoms with Crippen LogP contribution in [0, 0.1) is 0 Å². The van der Waals surface area contributed by atoms with Gasteiger partial charge in [0.1, 0.15) is 5.73 Å². The molecule has 1 heterocycles. The van der Waals surface area contributed by atoms with Crippen molar-refractivity contribution < 1.29 is 54.4 Å². The Labute approximate surface area is 292 Å². The Morgan fingerprint density at radius 3 is 1.47 bits per heavy atom. The second-order valence-electron chi connectivity index (χ2n) is 12.7. The van der Waals surface area contributed by atoms with Gasteiger partial charge in [0.05, 0.1) is 6.42 Å². The van der Waals surface area contributed by atoms with Crippen molar-refractivity contribution in [2.45, 2.75) is 176 Å². The fourth-order valence-electron chi connectivity index (χ4n) is 4.90. The molecule has 0 amide bonds. The van der Waals surface area contributed by atoms with Gasteiger partial charge in [0.2, 0.25) is 0 Å². The Morgan fingerprint density at radius 2 is 1.06 bits per heavy atom. The van der Waals surface area contributed by atoms with Gasteiger partial charge in [-0.1, -0.05) is 53.4 Å². The molecule has 1 rings (SSSR count). The number of unbranched alkanes of at least 4 members (excludes halogenated alkanes) is 4. The van der Waals surface area contributed by atoms with Crippen LogP contribution in [-0.4, -0.2) is 99.7 Å². The number of ether oxygens (including phenoxy) is 8. The van der Waals surface area contributed by atoms with Crippen LogP contribution >= 0.6 is 0 Å². The SMILES string of the molecule is CCCCOC(C)OC(CC(OC(C)OCCCC)(OC(C)OCCCC)OC(C)OCCCC)[Si]1(C)O[SiH2]O[SiH](C)O[Si](C)(C)O1. The van der Waals surface area contributed by atoms with Crippen LogP contribution in [0.25, 0.3) is 0 Å². The molecule has 1 aliphatic heterocycles. The van der Waals surface area contributed by atoms with Crippen molar-refractivity contribution in [2.75, 3.05) is 26.4 Å². The summed E-state index contributed by atoms with van der Waals surface area (Å²) in [6, 6.07) is 0. The number of rotatable bonds is 27. The Kier molecular flexibility index (Phi) is 23.7. The van der Waals surface area contributed by atoms with Crippen LogP contribution in [0.3, 0.4) is 0 Å². The van der Waals surface area contributed by atoms with Gasteiger partial charge in [0, 0.05) is 26.4 Å².